The fourth-order valence-corrected chi connectivity index (χ4v) is 6.11. The molecule has 2 amide bonds. The molecule has 0 radical (unpaired) electrons. The Kier molecular flexibility index (Phi) is 6.95. The molecule has 1 unspecified atom stereocenters. The minimum Gasteiger partial charge on any atom is -0.444 e. The second-order valence-electron chi connectivity index (χ2n) is 10.2. The van der Waals surface area contributed by atoms with Crippen molar-refractivity contribution in [1.82, 2.24) is 9.80 Å². The van der Waals surface area contributed by atoms with Crippen LogP contribution in [0.15, 0.2) is 23.6 Å². The van der Waals surface area contributed by atoms with E-state index in [0.717, 1.165) is 34.9 Å². The van der Waals surface area contributed by atoms with Crippen molar-refractivity contribution >= 4 is 45.0 Å². The maximum absolute atomic E-state index is 13.9. The van der Waals surface area contributed by atoms with E-state index < -0.39 is 17.1 Å². The molecule has 4 rings (SSSR count). The molecule has 2 aromatic rings. The van der Waals surface area contributed by atoms with Gasteiger partial charge in [-0.2, -0.15) is 0 Å². The van der Waals surface area contributed by atoms with Gasteiger partial charge in [0, 0.05) is 35.9 Å². The second kappa shape index (κ2) is 9.43. The quantitative estimate of drug-likeness (QED) is 0.621. The lowest BCUT2D eigenvalue weighted by molar-refractivity contribution is -0.143. The van der Waals surface area contributed by atoms with Gasteiger partial charge in [-0.05, 0) is 68.1 Å². The Morgan fingerprint density at radius 1 is 1.09 bits per heavy atom. The maximum atomic E-state index is 13.9. The van der Waals surface area contributed by atoms with Crippen LogP contribution in [0.2, 0.25) is 5.02 Å². The fourth-order valence-electron chi connectivity index (χ4n) is 4.97. The van der Waals surface area contributed by atoms with Crippen molar-refractivity contribution in [2.24, 2.45) is 0 Å². The second-order valence-corrected chi connectivity index (χ2v) is 11.6. The highest BCUT2D eigenvalue weighted by Gasteiger charge is 2.46. The minimum atomic E-state index is -1.08. The van der Waals surface area contributed by atoms with Gasteiger partial charge in [-0.25, -0.2) is 4.79 Å². The Hall–Kier alpha value is -1.83. The van der Waals surface area contributed by atoms with Gasteiger partial charge in [-0.3, -0.25) is 4.79 Å². The molecule has 0 bridgehead atoms. The average Bonchev–Trinajstić information content (AvgIpc) is 3.15. The summed E-state index contributed by atoms with van der Waals surface area (Å²) in [5, 5.41) is 15.3. The van der Waals surface area contributed by atoms with Gasteiger partial charge in [0.1, 0.15) is 5.60 Å². The number of aliphatic hydroxyl groups is 1. The van der Waals surface area contributed by atoms with E-state index in [0.29, 0.717) is 44.0 Å². The van der Waals surface area contributed by atoms with Crippen molar-refractivity contribution in [3.05, 3.63) is 34.2 Å². The Balaban J connectivity index is 1.59. The first-order valence-electron chi connectivity index (χ1n) is 11.7. The summed E-state index contributed by atoms with van der Waals surface area (Å²) in [5.74, 6) is -0.707. The molecular weight excluding hydrogens is 460 g/mol. The topological polar surface area (TPSA) is 70.1 Å². The van der Waals surface area contributed by atoms with E-state index in [-0.39, 0.29) is 12.0 Å². The zero-order chi connectivity index (χ0) is 23.8. The van der Waals surface area contributed by atoms with Gasteiger partial charge in [-0.1, -0.05) is 30.9 Å². The van der Waals surface area contributed by atoms with E-state index >= 15 is 0 Å². The molecule has 2 heterocycles. The van der Waals surface area contributed by atoms with Crippen LogP contribution in [0.3, 0.4) is 0 Å². The number of rotatable bonds is 3. The van der Waals surface area contributed by atoms with Crippen LogP contribution in [0, 0.1) is 0 Å². The van der Waals surface area contributed by atoms with Crippen molar-refractivity contribution in [3.8, 4) is 0 Å². The zero-order valence-electron chi connectivity index (χ0n) is 19.6. The predicted octanol–water partition coefficient (Wildman–Crippen LogP) is 5.41. The number of ether oxygens (including phenoxy) is 1. The molecule has 1 aromatic heterocycles. The SMILES string of the molecule is CC(C)(C)OC(=O)N1CCN(C(=O)C(c2csc3ccc(Cl)cc23)C2(O)CCCCC2)CC1. The summed E-state index contributed by atoms with van der Waals surface area (Å²) in [6, 6.07) is 5.72. The van der Waals surface area contributed by atoms with E-state index in [1.54, 1.807) is 21.1 Å². The Bertz CT molecular complexity index is 1020. The molecule has 2 aliphatic rings. The van der Waals surface area contributed by atoms with Gasteiger partial charge in [0.15, 0.2) is 0 Å². The normalized spacial score (nSPS) is 20.0. The zero-order valence-corrected chi connectivity index (χ0v) is 21.2. The molecular formula is C25H33ClN2O4S. The monoisotopic (exact) mass is 492 g/mol. The largest absolute Gasteiger partial charge is 0.444 e. The highest BCUT2D eigenvalue weighted by molar-refractivity contribution is 7.17. The molecule has 1 aliphatic carbocycles. The van der Waals surface area contributed by atoms with Crippen LogP contribution in [0.4, 0.5) is 4.79 Å². The number of halogens is 1. The van der Waals surface area contributed by atoms with Crippen LogP contribution in [0.25, 0.3) is 10.1 Å². The van der Waals surface area contributed by atoms with Crippen LogP contribution in [-0.2, 0) is 9.53 Å². The van der Waals surface area contributed by atoms with Crippen molar-refractivity contribution < 1.29 is 19.4 Å². The van der Waals surface area contributed by atoms with Gasteiger partial charge < -0.3 is 19.6 Å². The Labute approximate surface area is 204 Å². The summed E-state index contributed by atoms with van der Waals surface area (Å²) in [5.41, 5.74) is -0.768. The maximum Gasteiger partial charge on any atom is 0.410 e. The fraction of sp³-hybridized carbons (Fsp3) is 0.600. The summed E-state index contributed by atoms with van der Waals surface area (Å²) >= 11 is 7.87. The van der Waals surface area contributed by atoms with E-state index in [2.05, 4.69) is 0 Å². The predicted molar refractivity (Wildman–Crippen MR) is 132 cm³/mol. The van der Waals surface area contributed by atoms with Crippen LogP contribution >= 0.6 is 22.9 Å². The molecule has 1 atom stereocenters. The molecule has 0 spiro atoms. The summed E-state index contributed by atoms with van der Waals surface area (Å²) in [6.07, 6.45) is 3.77. The third-order valence-corrected chi connectivity index (χ3v) is 7.84. The molecule has 1 saturated carbocycles. The number of carbonyl (C=O) groups excluding carboxylic acids is 2. The first-order chi connectivity index (χ1) is 15.6. The van der Waals surface area contributed by atoms with Gasteiger partial charge >= 0.3 is 6.09 Å². The number of hydrogen-bond donors (Lipinski definition) is 1. The molecule has 8 heteroatoms. The summed E-state index contributed by atoms with van der Waals surface area (Å²) in [7, 11) is 0. The van der Waals surface area contributed by atoms with Crippen LogP contribution in [-0.4, -0.2) is 64.3 Å². The smallest absolute Gasteiger partial charge is 0.410 e. The lowest BCUT2D eigenvalue weighted by Crippen LogP contribution is -2.55. The van der Waals surface area contributed by atoms with Crippen LogP contribution < -0.4 is 0 Å². The highest BCUT2D eigenvalue weighted by Crippen LogP contribution is 2.45. The van der Waals surface area contributed by atoms with Gasteiger partial charge in [-0.15, -0.1) is 11.3 Å². The molecule has 33 heavy (non-hydrogen) atoms. The van der Waals surface area contributed by atoms with E-state index in [1.807, 2.05) is 44.4 Å². The number of thiophene rings is 1. The summed E-state index contributed by atoms with van der Waals surface area (Å²) < 4.78 is 6.54. The van der Waals surface area contributed by atoms with Gasteiger partial charge in [0.2, 0.25) is 5.91 Å². The summed E-state index contributed by atoms with van der Waals surface area (Å²) in [4.78, 5) is 29.8. The van der Waals surface area contributed by atoms with Crippen molar-refractivity contribution in [2.45, 2.75) is 70.0 Å². The molecule has 1 N–H and O–H groups in total. The van der Waals surface area contributed by atoms with Crippen molar-refractivity contribution in [2.75, 3.05) is 26.2 Å². The third kappa shape index (κ3) is 5.31. The van der Waals surface area contributed by atoms with Crippen molar-refractivity contribution in [3.63, 3.8) is 0 Å². The standard InChI is InChI=1S/C25H33ClN2O4S/c1-24(2,3)32-23(30)28-13-11-27(12-14-28)22(29)21(25(31)9-5-4-6-10-25)19-16-33-20-8-7-17(26)15-18(19)20/h7-8,15-16,21,31H,4-6,9-14H2,1-3H3. The minimum absolute atomic E-state index is 0.0667. The number of amides is 2. The first kappa shape index (κ1) is 24.3. The highest BCUT2D eigenvalue weighted by atomic mass is 35.5. The first-order valence-corrected chi connectivity index (χ1v) is 13.0. The number of piperazine rings is 1. The molecule has 1 saturated heterocycles. The number of nitrogens with zero attached hydrogens (tertiary/aromatic N) is 2. The van der Waals surface area contributed by atoms with Gasteiger partial charge in [0.05, 0.1) is 11.5 Å². The molecule has 1 aliphatic heterocycles. The van der Waals surface area contributed by atoms with Crippen LogP contribution in [0.1, 0.15) is 64.4 Å². The lowest BCUT2D eigenvalue weighted by atomic mass is 9.72. The molecule has 6 nitrogen and oxygen atoms in total. The molecule has 2 fully saturated rings. The third-order valence-electron chi connectivity index (χ3n) is 6.62. The van der Waals surface area contributed by atoms with Crippen molar-refractivity contribution in [1.29, 1.82) is 0 Å². The van der Waals surface area contributed by atoms with Gasteiger partial charge in [0.25, 0.3) is 0 Å². The Morgan fingerprint density at radius 3 is 2.36 bits per heavy atom. The Morgan fingerprint density at radius 2 is 1.73 bits per heavy atom. The van der Waals surface area contributed by atoms with E-state index in [4.69, 9.17) is 16.3 Å². The number of carbonyl (C=O) groups is 2. The molecule has 180 valence electrons. The van der Waals surface area contributed by atoms with E-state index in [9.17, 15) is 14.7 Å². The van der Waals surface area contributed by atoms with E-state index in [1.165, 1.54) is 0 Å². The number of fused-ring (bicyclic) bond motifs is 1. The lowest BCUT2D eigenvalue weighted by Gasteiger charge is -2.42. The molecule has 1 aromatic carbocycles. The van der Waals surface area contributed by atoms with Crippen LogP contribution in [0.5, 0.6) is 0 Å². The summed E-state index contributed by atoms with van der Waals surface area (Å²) in [6.45, 7) is 7.22. The number of hydrogen-bond acceptors (Lipinski definition) is 5. The number of benzene rings is 1. The average molecular weight is 493 g/mol.